The molecule has 0 aliphatic carbocycles. The fourth-order valence-corrected chi connectivity index (χ4v) is 6.70. The lowest BCUT2D eigenvalue weighted by atomic mass is 9.95. The molecule has 9 nitrogen and oxygen atoms in total. The number of thiazole rings is 1. The number of fused-ring (bicyclic) bond motifs is 1. The van der Waals surface area contributed by atoms with E-state index in [1.165, 1.54) is 15.9 Å². The summed E-state index contributed by atoms with van der Waals surface area (Å²) in [6.45, 7) is 8.43. The highest BCUT2D eigenvalue weighted by molar-refractivity contribution is 7.07. The monoisotopic (exact) mass is 696 g/mol. The lowest BCUT2D eigenvalue weighted by Crippen LogP contribution is -2.40. The SMILES string of the molecule is CCOC(=O)C1=C(C)N=c2s/c(=C\c3ccc(OCc4ccc(Cl)cc4Cl)c(OCC)c3)c(=O)n2[C@H]1c1ccc(OC)c(OCC)c1. The van der Waals surface area contributed by atoms with Crippen LogP contribution in [-0.2, 0) is 16.1 Å². The minimum absolute atomic E-state index is 0.175. The highest BCUT2D eigenvalue weighted by Crippen LogP contribution is 2.36. The molecule has 1 atom stereocenters. The van der Waals surface area contributed by atoms with E-state index >= 15 is 0 Å². The number of benzene rings is 3. The fourth-order valence-electron chi connectivity index (χ4n) is 5.19. The van der Waals surface area contributed by atoms with Crippen LogP contribution in [0.5, 0.6) is 23.0 Å². The van der Waals surface area contributed by atoms with Crippen molar-refractivity contribution in [3.05, 3.63) is 112 Å². The van der Waals surface area contributed by atoms with Crippen molar-refractivity contribution in [1.29, 1.82) is 0 Å². The molecule has 0 spiro atoms. The Labute approximate surface area is 286 Å². The van der Waals surface area contributed by atoms with E-state index in [-0.39, 0.29) is 24.3 Å². The first-order valence-corrected chi connectivity index (χ1v) is 16.6. The Morgan fingerprint density at radius 2 is 1.64 bits per heavy atom. The Morgan fingerprint density at radius 3 is 2.32 bits per heavy atom. The number of methoxy groups -OCH3 is 1. The van der Waals surface area contributed by atoms with Crippen LogP contribution in [0.1, 0.15) is 50.4 Å². The lowest BCUT2D eigenvalue weighted by molar-refractivity contribution is -0.139. The van der Waals surface area contributed by atoms with Crippen molar-refractivity contribution in [2.24, 2.45) is 4.99 Å². The van der Waals surface area contributed by atoms with Crippen molar-refractivity contribution in [2.75, 3.05) is 26.9 Å². The number of rotatable bonds is 12. The molecule has 0 saturated carbocycles. The molecule has 0 N–H and O–H groups in total. The first kappa shape index (κ1) is 34.1. The zero-order valence-corrected chi connectivity index (χ0v) is 28.9. The van der Waals surface area contributed by atoms with Crippen LogP contribution in [0.3, 0.4) is 0 Å². The van der Waals surface area contributed by atoms with Gasteiger partial charge in [-0.25, -0.2) is 9.79 Å². The highest BCUT2D eigenvalue weighted by atomic mass is 35.5. The van der Waals surface area contributed by atoms with Crippen LogP contribution in [0.4, 0.5) is 0 Å². The number of nitrogens with zero attached hydrogens (tertiary/aromatic N) is 2. The van der Waals surface area contributed by atoms with E-state index in [9.17, 15) is 9.59 Å². The molecule has 246 valence electrons. The average molecular weight is 698 g/mol. The quantitative estimate of drug-likeness (QED) is 0.156. The molecule has 1 aliphatic heterocycles. The Morgan fingerprint density at radius 1 is 0.915 bits per heavy atom. The molecule has 47 heavy (non-hydrogen) atoms. The van der Waals surface area contributed by atoms with Gasteiger partial charge in [0.15, 0.2) is 27.8 Å². The number of allylic oxidation sites excluding steroid dienone is 1. The predicted octanol–water partition coefficient (Wildman–Crippen LogP) is 6.49. The lowest BCUT2D eigenvalue weighted by Gasteiger charge is -2.25. The minimum atomic E-state index is -0.799. The number of hydrogen-bond donors (Lipinski definition) is 0. The second-order valence-electron chi connectivity index (χ2n) is 10.3. The maximum absolute atomic E-state index is 14.1. The van der Waals surface area contributed by atoms with Gasteiger partial charge in [0.05, 0.1) is 48.8 Å². The van der Waals surface area contributed by atoms with E-state index in [2.05, 4.69) is 4.99 Å². The molecule has 4 aromatic rings. The summed E-state index contributed by atoms with van der Waals surface area (Å²) in [5.74, 6) is 1.53. The Balaban J connectivity index is 1.57. The predicted molar refractivity (Wildman–Crippen MR) is 183 cm³/mol. The average Bonchev–Trinajstić information content (AvgIpc) is 3.34. The highest BCUT2D eigenvalue weighted by Gasteiger charge is 2.34. The van der Waals surface area contributed by atoms with Gasteiger partial charge in [-0.1, -0.05) is 52.7 Å². The Bertz CT molecular complexity index is 2020. The summed E-state index contributed by atoms with van der Waals surface area (Å²) in [6.07, 6.45) is 1.77. The maximum atomic E-state index is 14.1. The molecule has 0 fully saturated rings. The molecule has 3 aromatic carbocycles. The molecule has 0 amide bonds. The third-order valence-corrected chi connectivity index (χ3v) is 8.85. The van der Waals surface area contributed by atoms with E-state index in [1.807, 2.05) is 38.1 Å². The molecule has 1 aliphatic rings. The summed E-state index contributed by atoms with van der Waals surface area (Å²) in [5, 5.41) is 1.05. The molecule has 12 heteroatoms. The third-order valence-electron chi connectivity index (χ3n) is 7.28. The number of ether oxygens (including phenoxy) is 5. The first-order chi connectivity index (χ1) is 22.7. The van der Waals surface area contributed by atoms with Crippen molar-refractivity contribution >= 4 is 46.6 Å². The van der Waals surface area contributed by atoms with Gasteiger partial charge in [0.1, 0.15) is 6.61 Å². The fraction of sp³-hybridized carbons (Fsp3) is 0.286. The van der Waals surface area contributed by atoms with Crippen molar-refractivity contribution in [2.45, 2.75) is 40.3 Å². The number of aromatic nitrogens is 1. The van der Waals surface area contributed by atoms with E-state index in [0.29, 0.717) is 66.9 Å². The largest absolute Gasteiger partial charge is 0.493 e. The molecular weight excluding hydrogens is 663 g/mol. The zero-order valence-electron chi connectivity index (χ0n) is 26.6. The van der Waals surface area contributed by atoms with Gasteiger partial charge in [0.25, 0.3) is 5.56 Å². The molecule has 0 unspecified atom stereocenters. The minimum Gasteiger partial charge on any atom is -0.493 e. The van der Waals surface area contributed by atoms with Crippen LogP contribution < -0.4 is 33.8 Å². The summed E-state index contributed by atoms with van der Waals surface area (Å²) >= 11 is 13.6. The maximum Gasteiger partial charge on any atom is 0.338 e. The summed E-state index contributed by atoms with van der Waals surface area (Å²) < 4.78 is 30.6. The smallest absolute Gasteiger partial charge is 0.338 e. The van der Waals surface area contributed by atoms with Crippen LogP contribution in [0, 0.1) is 0 Å². The van der Waals surface area contributed by atoms with Gasteiger partial charge in [-0.3, -0.25) is 9.36 Å². The third kappa shape index (κ3) is 7.35. The summed E-state index contributed by atoms with van der Waals surface area (Å²) in [4.78, 5) is 32.6. The van der Waals surface area contributed by atoms with Crippen LogP contribution in [0.2, 0.25) is 10.0 Å². The summed E-state index contributed by atoms with van der Waals surface area (Å²) in [5.41, 5.74) is 2.59. The first-order valence-electron chi connectivity index (χ1n) is 15.0. The second kappa shape index (κ2) is 15.1. The molecular formula is C35H34Cl2N2O7S. The Kier molecular flexibility index (Phi) is 11.0. The van der Waals surface area contributed by atoms with E-state index < -0.39 is 12.0 Å². The molecule has 5 rings (SSSR count). The van der Waals surface area contributed by atoms with Crippen molar-refractivity contribution in [1.82, 2.24) is 4.57 Å². The molecule has 2 heterocycles. The number of halogens is 2. The number of carbonyl (C=O) groups excluding carboxylic acids is 1. The van der Waals surface area contributed by atoms with Crippen LogP contribution in [0.15, 0.2) is 75.7 Å². The number of hydrogen-bond acceptors (Lipinski definition) is 9. The van der Waals surface area contributed by atoms with Crippen LogP contribution in [0.25, 0.3) is 6.08 Å². The van der Waals surface area contributed by atoms with E-state index in [1.54, 1.807) is 57.4 Å². The van der Waals surface area contributed by atoms with Crippen molar-refractivity contribution in [3.8, 4) is 23.0 Å². The zero-order chi connectivity index (χ0) is 33.7. The molecule has 0 bridgehead atoms. The van der Waals surface area contributed by atoms with Gasteiger partial charge >= 0.3 is 5.97 Å². The summed E-state index contributed by atoms with van der Waals surface area (Å²) in [7, 11) is 1.56. The van der Waals surface area contributed by atoms with E-state index in [4.69, 9.17) is 46.9 Å². The van der Waals surface area contributed by atoms with Gasteiger partial charge < -0.3 is 23.7 Å². The molecule has 0 saturated heterocycles. The van der Waals surface area contributed by atoms with E-state index in [0.717, 1.165) is 11.1 Å². The number of esters is 1. The van der Waals surface area contributed by atoms with Gasteiger partial charge in [-0.05, 0) is 81.3 Å². The molecule has 0 radical (unpaired) electrons. The van der Waals surface area contributed by atoms with Crippen molar-refractivity contribution in [3.63, 3.8) is 0 Å². The van der Waals surface area contributed by atoms with Gasteiger partial charge in [0.2, 0.25) is 0 Å². The normalized spacial score (nSPS) is 14.4. The van der Waals surface area contributed by atoms with Gasteiger partial charge in [0, 0.05) is 15.6 Å². The second-order valence-corrected chi connectivity index (χ2v) is 12.2. The summed E-state index contributed by atoms with van der Waals surface area (Å²) in [6, 6.07) is 15.2. The Hall–Kier alpha value is -4.25. The molecule has 1 aromatic heterocycles. The van der Waals surface area contributed by atoms with Crippen LogP contribution in [-0.4, -0.2) is 37.5 Å². The van der Waals surface area contributed by atoms with Crippen LogP contribution >= 0.6 is 34.5 Å². The van der Waals surface area contributed by atoms with Gasteiger partial charge in [-0.15, -0.1) is 0 Å². The van der Waals surface area contributed by atoms with Gasteiger partial charge in [-0.2, -0.15) is 0 Å². The number of carbonyl (C=O) groups is 1. The topological polar surface area (TPSA) is 97.6 Å². The van der Waals surface area contributed by atoms with Crippen molar-refractivity contribution < 1.29 is 28.5 Å². The standard InChI is InChI=1S/C35H34Cl2N2O7S/c1-6-43-28-15-21(9-13-27(28)46-19-23-10-12-24(36)18-25(23)37)16-30-33(40)39-32(22-11-14-26(42-5)29(17-22)44-7-2)31(34(41)45-8-3)20(4)38-35(39)47-30/h9-18,32H,6-8,19H2,1-5H3/b30-16-/t32-/m0/s1.